The average Bonchev–Trinajstić information content (AvgIpc) is 2.46. The van der Waals surface area contributed by atoms with Gasteiger partial charge in [-0.2, -0.15) is 0 Å². The van der Waals surface area contributed by atoms with E-state index in [1.165, 1.54) is 0 Å². The van der Waals surface area contributed by atoms with Crippen LogP contribution in [0.3, 0.4) is 0 Å². The van der Waals surface area contributed by atoms with Gasteiger partial charge in [-0.3, -0.25) is 0 Å². The largest absolute Gasteiger partial charge is 0.449 e. The van der Waals surface area contributed by atoms with Crippen molar-refractivity contribution in [2.45, 2.75) is 12.8 Å². The summed E-state index contributed by atoms with van der Waals surface area (Å²) in [6.07, 6.45) is 1.44. The van der Waals surface area contributed by atoms with Crippen LogP contribution in [0.4, 0.5) is 9.59 Å². The van der Waals surface area contributed by atoms with E-state index < -0.39 is 0 Å². The Balaban J connectivity index is 1.49. The van der Waals surface area contributed by atoms with Crippen molar-refractivity contribution >= 4 is 33.8 Å². The standard InChI is InChI=1S/C12H20N2O4S2/c15-11-13(3-1-7-17-11)5-9-19-20-10-6-14-4-2-8-18-12(14)16/h1-10H2. The molecule has 0 radical (unpaired) electrons. The quantitative estimate of drug-likeness (QED) is 0.528. The van der Waals surface area contributed by atoms with E-state index in [-0.39, 0.29) is 12.2 Å². The normalized spacial score (nSPS) is 19.8. The van der Waals surface area contributed by atoms with Crippen molar-refractivity contribution in [3.8, 4) is 0 Å². The Morgan fingerprint density at radius 3 is 1.70 bits per heavy atom. The molecule has 0 atom stereocenters. The first kappa shape index (κ1) is 15.6. The third-order valence-corrected chi connectivity index (χ3v) is 5.45. The highest BCUT2D eigenvalue weighted by atomic mass is 33.1. The smallest absolute Gasteiger partial charge is 0.409 e. The highest BCUT2D eigenvalue weighted by Gasteiger charge is 2.20. The summed E-state index contributed by atoms with van der Waals surface area (Å²) in [7, 11) is 3.45. The predicted octanol–water partition coefficient (Wildman–Crippen LogP) is 2.05. The van der Waals surface area contributed by atoms with Crippen LogP contribution in [-0.4, -0.2) is 72.9 Å². The minimum absolute atomic E-state index is 0.196. The van der Waals surface area contributed by atoms with Crippen molar-refractivity contribution in [2.24, 2.45) is 0 Å². The average molecular weight is 320 g/mol. The Morgan fingerprint density at radius 1 is 0.850 bits per heavy atom. The molecule has 6 nitrogen and oxygen atoms in total. The number of carbonyl (C=O) groups is 2. The molecule has 2 rings (SSSR count). The number of ether oxygens (including phenoxy) is 2. The van der Waals surface area contributed by atoms with Crippen LogP contribution < -0.4 is 0 Å². The van der Waals surface area contributed by atoms with Crippen molar-refractivity contribution in [2.75, 3.05) is 50.9 Å². The van der Waals surface area contributed by atoms with Crippen molar-refractivity contribution in [3.05, 3.63) is 0 Å². The maximum atomic E-state index is 11.4. The van der Waals surface area contributed by atoms with Gasteiger partial charge in [0.15, 0.2) is 0 Å². The summed E-state index contributed by atoms with van der Waals surface area (Å²) in [6, 6.07) is 0. The van der Waals surface area contributed by atoms with Gasteiger partial charge in [0.25, 0.3) is 0 Å². The lowest BCUT2D eigenvalue weighted by molar-refractivity contribution is 0.0749. The summed E-state index contributed by atoms with van der Waals surface area (Å²) < 4.78 is 9.95. The SMILES string of the molecule is O=C1OCCCN1CCSSCCN1CCCOC1=O. The summed E-state index contributed by atoms with van der Waals surface area (Å²) >= 11 is 0. The van der Waals surface area contributed by atoms with Gasteiger partial charge < -0.3 is 19.3 Å². The fourth-order valence-electron chi connectivity index (χ4n) is 2.01. The molecule has 2 amide bonds. The fraction of sp³-hybridized carbons (Fsp3) is 0.833. The molecule has 2 saturated heterocycles. The van der Waals surface area contributed by atoms with Gasteiger partial charge in [0.1, 0.15) is 0 Å². The fourth-order valence-corrected chi connectivity index (χ4v) is 3.99. The zero-order valence-corrected chi connectivity index (χ0v) is 13.0. The zero-order chi connectivity index (χ0) is 14.2. The first-order valence-corrected chi connectivity index (χ1v) is 9.34. The van der Waals surface area contributed by atoms with Crippen LogP contribution in [0, 0.1) is 0 Å². The van der Waals surface area contributed by atoms with E-state index in [9.17, 15) is 9.59 Å². The van der Waals surface area contributed by atoms with Crippen LogP contribution in [0.15, 0.2) is 0 Å². The molecule has 2 aliphatic rings. The summed E-state index contributed by atoms with van der Waals surface area (Å²) in [6.45, 7) is 4.13. The number of hydrogen-bond acceptors (Lipinski definition) is 6. The molecular formula is C12H20N2O4S2. The number of amides is 2. The Labute approximate surface area is 126 Å². The second-order valence-electron chi connectivity index (χ2n) is 4.55. The molecule has 0 aromatic heterocycles. The van der Waals surface area contributed by atoms with Crippen LogP contribution in [-0.2, 0) is 9.47 Å². The minimum Gasteiger partial charge on any atom is -0.449 e. The molecule has 0 saturated carbocycles. The van der Waals surface area contributed by atoms with Gasteiger partial charge in [0.2, 0.25) is 0 Å². The van der Waals surface area contributed by atoms with Gasteiger partial charge >= 0.3 is 12.2 Å². The van der Waals surface area contributed by atoms with E-state index in [1.54, 1.807) is 31.4 Å². The maximum Gasteiger partial charge on any atom is 0.409 e. The molecule has 8 heteroatoms. The molecule has 20 heavy (non-hydrogen) atoms. The van der Waals surface area contributed by atoms with Gasteiger partial charge in [-0.25, -0.2) is 9.59 Å². The van der Waals surface area contributed by atoms with Crippen molar-refractivity contribution in [1.82, 2.24) is 9.80 Å². The maximum absolute atomic E-state index is 11.4. The first-order chi connectivity index (χ1) is 9.77. The van der Waals surface area contributed by atoms with E-state index in [0.717, 1.165) is 50.5 Å². The van der Waals surface area contributed by atoms with Crippen molar-refractivity contribution in [3.63, 3.8) is 0 Å². The number of hydrogen-bond donors (Lipinski definition) is 0. The molecule has 0 aromatic carbocycles. The number of cyclic esters (lactones) is 2. The van der Waals surface area contributed by atoms with Crippen molar-refractivity contribution < 1.29 is 19.1 Å². The molecule has 0 spiro atoms. The predicted molar refractivity (Wildman–Crippen MR) is 80.0 cm³/mol. The van der Waals surface area contributed by atoms with Gasteiger partial charge in [-0.15, -0.1) is 0 Å². The highest BCUT2D eigenvalue weighted by molar-refractivity contribution is 8.76. The summed E-state index contributed by atoms with van der Waals surface area (Å²) in [4.78, 5) is 26.3. The topological polar surface area (TPSA) is 59.1 Å². The van der Waals surface area contributed by atoms with Gasteiger partial charge in [-0.1, -0.05) is 21.6 Å². The molecule has 2 fully saturated rings. The first-order valence-electron chi connectivity index (χ1n) is 6.85. The third kappa shape index (κ3) is 4.97. The molecule has 0 unspecified atom stereocenters. The van der Waals surface area contributed by atoms with E-state index >= 15 is 0 Å². The van der Waals surface area contributed by atoms with Crippen LogP contribution in [0.25, 0.3) is 0 Å². The van der Waals surface area contributed by atoms with E-state index in [1.807, 2.05) is 0 Å². The Morgan fingerprint density at radius 2 is 1.30 bits per heavy atom. The number of rotatable bonds is 7. The van der Waals surface area contributed by atoms with Gasteiger partial charge in [0.05, 0.1) is 13.2 Å². The lowest BCUT2D eigenvalue weighted by Gasteiger charge is -2.26. The number of carbonyl (C=O) groups excluding carboxylic acids is 2. The Bertz CT molecular complexity index is 311. The van der Waals surface area contributed by atoms with Gasteiger partial charge in [0, 0.05) is 37.7 Å². The van der Waals surface area contributed by atoms with Crippen LogP contribution in [0.1, 0.15) is 12.8 Å². The minimum atomic E-state index is -0.196. The van der Waals surface area contributed by atoms with E-state index in [0.29, 0.717) is 13.2 Å². The highest BCUT2D eigenvalue weighted by Crippen LogP contribution is 2.22. The lowest BCUT2D eigenvalue weighted by atomic mass is 10.4. The molecule has 0 bridgehead atoms. The summed E-state index contributed by atoms with van der Waals surface area (Å²) in [5.41, 5.74) is 0. The van der Waals surface area contributed by atoms with Crippen molar-refractivity contribution in [1.29, 1.82) is 0 Å². The van der Waals surface area contributed by atoms with E-state index in [2.05, 4.69) is 0 Å². The molecule has 0 N–H and O–H groups in total. The van der Waals surface area contributed by atoms with Crippen LogP contribution in [0.5, 0.6) is 0 Å². The Kier molecular flexibility index (Phi) is 6.65. The lowest BCUT2D eigenvalue weighted by Crippen LogP contribution is -2.39. The molecule has 114 valence electrons. The Hall–Kier alpha value is -0.760. The third-order valence-electron chi connectivity index (χ3n) is 3.08. The molecular weight excluding hydrogens is 300 g/mol. The van der Waals surface area contributed by atoms with Crippen LogP contribution >= 0.6 is 21.6 Å². The molecule has 2 aliphatic heterocycles. The van der Waals surface area contributed by atoms with Gasteiger partial charge in [-0.05, 0) is 12.8 Å². The molecule has 2 heterocycles. The molecule has 0 aromatic rings. The summed E-state index contributed by atoms with van der Waals surface area (Å²) in [5, 5.41) is 0. The van der Waals surface area contributed by atoms with Crippen LogP contribution in [0.2, 0.25) is 0 Å². The molecule has 0 aliphatic carbocycles. The monoisotopic (exact) mass is 320 g/mol. The van der Waals surface area contributed by atoms with E-state index in [4.69, 9.17) is 9.47 Å². The second kappa shape index (κ2) is 8.51. The second-order valence-corrected chi connectivity index (χ2v) is 7.26. The zero-order valence-electron chi connectivity index (χ0n) is 11.4. The number of nitrogens with zero attached hydrogens (tertiary/aromatic N) is 2. The summed E-state index contributed by atoms with van der Waals surface area (Å²) in [5.74, 6) is 1.76.